The third-order valence-electron chi connectivity index (χ3n) is 5.39. The van der Waals surface area contributed by atoms with Crippen molar-refractivity contribution in [2.45, 2.75) is 116 Å². The molecule has 0 radical (unpaired) electrons. The molecule has 6 atom stereocenters. The fraction of sp³-hybridized carbons (Fsp3) is 0.909. The van der Waals surface area contributed by atoms with Crippen LogP contribution < -0.4 is 0 Å². The van der Waals surface area contributed by atoms with Gasteiger partial charge in [0.1, 0.15) is 38.5 Å². The average molecular weight is 442 g/mol. The van der Waals surface area contributed by atoms with Crippen molar-refractivity contribution in [2.24, 2.45) is 5.41 Å². The second-order valence-corrected chi connectivity index (χ2v) is 16.3. The Balaban J connectivity index is 1.88. The highest BCUT2D eigenvalue weighted by Gasteiger charge is 2.61. The molecule has 3 heterocycles. The molecule has 1 N–H and O–H groups in total. The first kappa shape index (κ1) is 24.1. The summed E-state index contributed by atoms with van der Waals surface area (Å²) in [5.74, 6) is 1.88. The number of hydroxylamine groups is 2. The quantitative estimate of drug-likeness (QED) is 0.409. The van der Waals surface area contributed by atoms with E-state index < -0.39 is 44.1 Å². The van der Waals surface area contributed by atoms with Gasteiger partial charge in [0.25, 0.3) is 0 Å². The molecule has 0 spiro atoms. The Kier molecular flexibility index (Phi) is 6.29. The lowest BCUT2D eigenvalue weighted by Gasteiger charge is -2.37. The van der Waals surface area contributed by atoms with Crippen LogP contribution in [0.3, 0.4) is 0 Å². The van der Waals surface area contributed by atoms with Crippen LogP contribution in [0.5, 0.6) is 0 Å². The van der Waals surface area contributed by atoms with E-state index in [1.807, 2.05) is 27.7 Å². The molecule has 0 bridgehead atoms. The molecule has 0 amide bonds. The molecule has 30 heavy (non-hydrogen) atoms. The summed E-state index contributed by atoms with van der Waals surface area (Å²) in [4.78, 5) is 0. The van der Waals surface area contributed by atoms with Gasteiger partial charge < -0.3 is 28.9 Å². The first-order valence-corrected chi connectivity index (χ1v) is 14.3. The molecule has 0 unspecified atom stereocenters. The number of nitrogens with zero attached hydrogens (tertiary/aromatic N) is 1. The first-order valence-electron chi connectivity index (χ1n) is 10.8. The minimum absolute atomic E-state index is 0.289. The number of fused-ring (bicyclic) bond motifs is 1. The van der Waals surface area contributed by atoms with Gasteiger partial charge in [-0.2, -0.15) is 0 Å². The molecule has 172 valence electrons. The summed E-state index contributed by atoms with van der Waals surface area (Å²) in [6.07, 6.45) is -2.25. The Hall–Kier alpha value is -0.503. The largest absolute Gasteiger partial charge is 0.349 e. The maximum absolute atomic E-state index is 11.3. The van der Waals surface area contributed by atoms with Gasteiger partial charge in [0.15, 0.2) is 17.8 Å². The highest BCUT2D eigenvalue weighted by Crippen LogP contribution is 2.44. The zero-order valence-electron chi connectivity index (χ0n) is 20.1. The summed E-state index contributed by atoms with van der Waals surface area (Å²) in [5, 5.41) is 12.6. The van der Waals surface area contributed by atoms with Gasteiger partial charge in [-0.3, -0.25) is 0 Å². The highest BCUT2D eigenvalue weighted by atomic mass is 28.3. The fourth-order valence-corrected chi connectivity index (χ4v) is 4.68. The molecule has 3 aliphatic rings. The number of hydrogen-bond acceptors (Lipinski definition) is 7. The zero-order chi connectivity index (χ0) is 22.7. The van der Waals surface area contributed by atoms with Crippen LogP contribution in [0.2, 0.25) is 19.6 Å². The molecule has 0 aromatic heterocycles. The minimum atomic E-state index is -1.62. The molecule has 7 nitrogen and oxygen atoms in total. The predicted molar refractivity (Wildman–Crippen MR) is 115 cm³/mol. The van der Waals surface area contributed by atoms with Gasteiger partial charge in [0.2, 0.25) is 0 Å². The SMILES string of the molecule is CC1(C)O[C@H]2[C@@H]([C@H]3COC(C)(C)O3)O[C@H](N(O)[C@@H](C#C[Si](C)(C)C)C(C)(C)C)[C@H]2O1. The predicted octanol–water partition coefficient (Wildman–Crippen LogP) is 3.37. The Morgan fingerprint density at radius 3 is 2.07 bits per heavy atom. The lowest BCUT2D eigenvalue weighted by atomic mass is 9.86. The molecule has 0 aromatic carbocycles. The van der Waals surface area contributed by atoms with E-state index in [0.29, 0.717) is 6.61 Å². The standard InChI is InChI=1S/C22H39NO6Si/c1-20(2,3)15(11-12-30(8,9)10)23(24)19-18-17(28-22(6,7)29-18)16(26-19)14-13-25-21(4,5)27-14/h14-19,24H,13H2,1-10H3/t14-,15+,16-,17+,18+,19+/m1/s1. The maximum Gasteiger partial charge on any atom is 0.164 e. The van der Waals surface area contributed by atoms with E-state index in [0.717, 1.165) is 0 Å². The zero-order valence-corrected chi connectivity index (χ0v) is 21.1. The van der Waals surface area contributed by atoms with Crippen LogP contribution in [-0.2, 0) is 23.7 Å². The van der Waals surface area contributed by atoms with Crippen molar-refractivity contribution in [3.8, 4) is 11.5 Å². The van der Waals surface area contributed by atoms with Gasteiger partial charge in [-0.05, 0) is 33.1 Å². The van der Waals surface area contributed by atoms with Crippen LogP contribution in [-0.4, -0.2) is 73.2 Å². The lowest BCUT2D eigenvalue weighted by Crippen LogP contribution is -2.51. The minimum Gasteiger partial charge on any atom is -0.349 e. The van der Waals surface area contributed by atoms with Gasteiger partial charge in [0.05, 0.1) is 6.61 Å². The molecule has 3 saturated heterocycles. The van der Waals surface area contributed by atoms with Crippen LogP contribution >= 0.6 is 0 Å². The van der Waals surface area contributed by atoms with Crippen molar-refractivity contribution in [2.75, 3.05) is 6.61 Å². The van der Waals surface area contributed by atoms with Crippen LogP contribution in [0.25, 0.3) is 0 Å². The van der Waals surface area contributed by atoms with Crippen molar-refractivity contribution in [3.63, 3.8) is 0 Å². The van der Waals surface area contributed by atoms with Gasteiger partial charge in [0, 0.05) is 0 Å². The lowest BCUT2D eigenvalue weighted by molar-refractivity contribution is -0.285. The summed E-state index contributed by atoms with van der Waals surface area (Å²) in [7, 11) is -1.62. The topological polar surface area (TPSA) is 69.6 Å². The third-order valence-corrected chi connectivity index (χ3v) is 6.29. The first-order chi connectivity index (χ1) is 13.5. The summed E-state index contributed by atoms with van der Waals surface area (Å²) in [6.45, 7) is 20.7. The second-order valence-electron chi connectivity index (χ2n) is 11.6. The van der Waals surface area contributed by atoms with E-state index in [1.165, 1.54) is 5.06 Å². The van der Waals surface area contributed by atoms with Crippen LogP contribution in [0.4, 0.5) is 0 Å². The summed E-state index contributed by atoms with van der Waals surface area (Å²) >= 11 is 0. The summed E-state index contributed by atoms with van der Waals surface area (Å²) < 4.78 is 30.5. The molecule has 3 rings (SSSR count). The Morgan fingerprint density at radius 2 is 1.57 bits per heavy atom. The van der Waals surface area contributed by atoms with E-state index >= 15 is 0 Å². The monoisotopic (exact) mass is 441 g/mol. The van der Waals surface area contributed by atoms with E-state index in [1.54, 1.807) is 0 Å². The van der Waals surface area contributed by atoms with Crippen molar-refractivity contribution in [1.82, 2.24) is 5.06 Å². The number of rotatable bonds is 3. The molecular weight excluding hydrogens is 402 g/mol. The maximum atomic E-state index is 11.3. The number of ether oxygens (including phenoxy) is 5. The summed E-state index contributed by atoms with van der Waals surface area (Å²) in [6, 6.07) is -0.418. The van der Waals surface area contributed by atoms with Crippen molar-refractivity contribution in [3.05, 3.63) is 0 Å². The Morgan fingerprint density at radius 1 is 0.967 bits per heavy atom. The highest BCUT2D eigenvalue weighted by molar-refractivity contribution is 6.83. The Labute approximate surface area is 182 Å². The van der Waals surface area contributed by atoms with Gasteiger partial charge in [-0.1, -0.05) is 46.3 Å². The fourth-order valence-electron chi connectivity index (χ4n) is 4.11. The Bertz CT molecular complexity index is 701. The molecule has 0 aromatic rings. The van der Waals surface area contributed by atoms with Crippen molar-refractivity contribution in [1.29, 1.82) is 0 Å². The van der Waals surface area contributed by atoms with Crippen LogP contribution in [0.15, 0.2) is 0 Å². The summed E-state index contributed by atoms with van der Waals surface area (Å²) in [5.41, 5.74) is 3.11. The van der Waals surface area contributed by atoms with Gasteiger partial charge in [-0.15, -0.1) is 10.6 Å². The van der Waals surface area contributed by atoms with Crippen molar-refractivity contribution < 1.29 is 28.9 Å². The second kappa shape index (κ2) is 7.82. The molecule has 0 aliphatic carbocycles. The molecule has 8 heteroatoms. The van der Waals surface area contributed by atoms with Crippen molar-refractivity contribution >= 4 is 8.07 Å². The number of hydrogen-bond donors (Lipinski definition) is 1. The third kappa shape index (κ3) is 5.27. The van der Waals surface area contributed by atoms with E-state index in [9.17, 15) is 5.21 Å². The smallest absolute Gasteiger partial charge is 0.164 e. The molecular formula is C22H39NO6Si. The van der Waals surface area contributed by atoms with E-state index in [4.69, 9.17) is 23.7 Å². The van der Waals surface area contributed by atoms with Gasteiger partial charge in [-0.25, -0.2) is 0 Å². The van der Waals surface area contributed by atoms with Crippen LogP contribution in [0.1, 0.15) is 48.5 Å². The van der Waals surface area contributed by atoms with Crippen LogP contribution in [0, 0.1) is 16.9 Å². The average Bonchev–Trinajstić information content (AvgIpc) is 3.14. The normalized spacial score (nSPS) is 36.5. The molecule has 3 fully saturated rings. The van der Waals surface area contributed by atoms with E-state index in [-0.39, 0.29) is 17.6 Å². The molecule has 0 saturated carbocycles. The molecule has 3 aliphatic heterocycles. The van der Waals surface area contributed by atoms with Gasteiger partial charge >= 0.3 is 0 Å². The van der Waals surface area contributed by atoms with E-state index in [2.05, 4.69) is 51.9 Å².